The molecule has 0 atom stereocenters. The van der Waals surface area contributed by atoms with E-state index in [1.54, 1.807) is 24.3 Å². The number of allylic oxidation sites excluding steroid dienone is 1. The largest absolute Gasteiger partial charge is 0.423 e. The second kappa shape index (κ2) is 12.2. The Kier molecular flexibility index (Phi) is 8.72. The van der Waals surface area contributed by atoms with Crippen LogP contribution in [0.2, 0.25) is 0 Å². The fraction of sp³-hybridized carbons (Fsp3) is 0.129. The first-order valence-electron chi connectivity index (χ1n) is 12.2. The van der Waals surface area contributed by atoms with Crippen LogP contribution in [0, 0.1) is 29.1 Å². The van der Waals surface area contributed by atoms with Gasteiger partial charge in [-0.25, -0.2) is 35.5 Å². The van der Waals surface area contributed by atoms with Crippen LogP contribution in [0.4, 0.5) is 30.7 Å². The van der Waals surface area contributed by atoms with Gasteiger partial charge in [-0.2, -0.15) is 0 Å². The van der Waals surface area contributed by atoms with Crippen molar-refractivity contribution in [2.45, 2.75) is 26.2 Å². The summed E-state index contributed by atoms with van der Waals surface area (Å²) in [6.45, 7) is 1.88. The van der Waals surface area contributed by atoms with Gasteiger partial charge in [0.2, 0.25) is 0 Å². The molecule has 0 N–H and O–H groups in total. The molecule has 0 unspecified atom stereocenters. The first-order chi connectivity index (χ1) is 19.1. The zero-order chi connectivity index (χ0) is 29.0. The number of carbonyl (C=O) groups excluding carboxylic acids is 1. The summed E-state index contributed by atoms with van der Waals surface area (Å²) in [5.74, 6) is -10.4. The predicted octanol–water partition coefficient (Wildman–Crippen LogP) is 9.73. The van der Waals surface area contributed by atoms with E-state index < -0.39 is 63.4 Å². The van der Waals surface area contributed by atoms with Gasteiger partial charge in [-0.05, 0) is 59.5 Å². The number of unbranched alkanes of at least 4 members (excludes halogenated alkanes) is 1. The summed E-state index contributed by atoms with van der Waals surface area (Å²) in [5.41, 5.74) is -0.482. The zero-order valence-corrected chi connectivity index (χ0v) is 21.0. The smallest absolute Gasteiger partial charge is 0.343 e. The minimum Gasteiger partial charge on any atom is -0.423 e. The van der Waals surface area contributed by atoms with Crippen molar-refractivity contribution in [2.75, 3.05) is 0 Å². The molecule has 0 heterocycles. The van der Waals surface area contributed by atoms with Crippen LogP contribution in [0.15, 0.2) is 78.6 Å². The van der Waals surface area contributed by atoms with Crippen molar-refractivity contribution in [1.82, 2.24) is 0 Å². The molecule has 0 saturated carbocycles. The van der Waals surface area contributed by atoms with E-state index in [9.17, 15) is 35.5 Å². The van der Waals surface area contributed by atoms with Gasteiger partial charge in [-0.1, -0.05) is 49.7 Å². The van der Waals surface area contributed by atoms with Crippen molar-refractivity contribution in [2.24, 2.45) is 0 Å². The van der Waals surface area contributed by atoms with Crippen LogP contribution in [0.5, 0.6) is 5.75 Å². The third-order valence-electron chi connectivity index (χ3n) is 6.07. The highest BCUT2D eigenvalue weighted by atomic mass is 19.2. The Morgan fingerprint density at radius 2 is 1.20 bits per heavy atom. The molecule has 0 saturated heterocycles. The average molecular weight is 558 g/mol. The topological polar surface area (TPSA) is 26.3 Å². The van der Waals surface area contributed by atoms with Crippen molar-refractivity contribution in [3.8, 4) is 28.0 Å². The normalized spacial score (nSPS) is 11.8. The molecule has 0 aromatic heterocycles. The number of benzene rings is 4. The molecule has 206 valence electrons. The van der Waals surface area contributed by atoms with Crippen LogP contribution in [-0.2, 0) is 0 Å². The molecular weight excluding hydrogens is 537 g/mol. The van der Waals surface area contributed by atoms with E-state index in [0.29, 0.717) is 41.8 Å². The van der Waals surface area contributed by atoms with Crippen LogP contribution in [0.1, 0.15) is 42.1 Å². The van der Waals surface area contributed by atoms with Gasteiger partial charge in [0.25, 0.3) is 0 Å². The van der Waals surface area contributed by atoms with Crippen LogP contribution in [0.25, 0.3) is 28.1 Å². The van der Waals surface area contributed by atoms with Gasteiger partial charge >= 0.3 is 5.97 Å². The van der Waals surface area contributed by atoms with E-state index >= 15 is 0 Å². The molecule has 0 bridgehead atoms. The molecule has 4 rings (SSSR count). The Hall–Kier alpha value is -4.40. The molecule has 0 radical (unpaired) electrons. The third kappa shape index (κ3) is 6.25. The Labute approximate surface area is 225 Å². The molecule has 2 nitrogen and oxygen atoms in total. The van der Waals surface area contributed by atoms with Crippen LogP contribution in [0.3, 0.4) is 0 Å². The molecule has 0 aliphatic heterocycles. The average Bonchev–Trinajstić information content (AvgIpc) is 2.94. The highest BCUT2D eigenvalue weighted by Crippen LogP contribution is 2.31. The number of carbonyl (C=O) groups is 1. The standard InChI is InChI=1S/C31H21F7O2/c1-2-3-4-23(32)29(37)19-7-5-17(6-8-19)18-9-11-22(12-10-18)40-31(39)21-15-24(33)28(25(34)16-21)20-13-26(35)30(38)27(36)14-20/h5-16H,2-4H2,1H3. The van der Waals surface area contributed by atoms with Crippen molar-refractivity contribution < 1.29 is 40.3 Å². The molecule has 4 aromatic rings. The molecule has 0 aliphatic carbocycles. The van der Waals surface area contributed by atoms with E-state index in [1.807, 2.05) is 6.92 Å². The maximum atomic E-state index is 14.6. The van der Waals surface area contributed by atoms with E-state index in [1.165, 1.54) is 24.3 Å². The number of halogens is 7. The van der Waals surface area contributed by atoms with Crippen LogP contribution in [-0.4, -0.2) is 5.97 Å². The highest BCUT2D eigenvalue weighted by molar-refractivity contribution is 5.92. The van der Waals surface area contributed by atoms with Crippen molar-refractivity contribution in [1.29, 1.82) is 0 Å². The number of hydrogen-bond donors (Lipinski definition) is 0. The summed E-state index contributed by atoms with van der Waals surface area (Å²) in [4.78, 5) is 12.5. The third-order valence-corrected chi connectivity index (χ3v) is 6.07. The zero-order valence-electron chi connectivity index (χ0n) is 21.0. The summed E-state index contributed by atoms with van der Waals surface area (Å²) in [5, 5.41) is 0. The maximum Gasteiger partial charge on any atom is 0.343 e. The summed E-state index contributed by atoms with van der Waals surface area (Å²) in [7, 11) is 0. The van der Waals surface area contributed by atoms with E-state index in [2.05, 4.69) is 0 Å². The van der Waals surface area contributed by atoms with Gasteiger partial charge in [-0.3, -0.25) is 0 Å². The lowest BCUT2D eigenvalue weighted by Crippen LogP contribution is -2.10. The molecule has 0 amide bonds. The highest BCUT2D eigenvalue weighted by Gasteiger charge is 2.21. The Bertz CT molecular complexity index is 1530. The predicted molar refractivity (Wildman–Crippen MR) is 137 cm³/mol. The molecule has 9 heteroatoms. The van der Waals surface area contributed by atoms with Gasteiger partial charge in [0.15, 0.2) is 23.3 Å². The summed E-state index contributed by atoms with van der Waals surface area (Å²) in [6, 6.07) is 14.3. The second-order valence-corrected chi connectivity index (χ2v) is 8.88. The SMILES string of the molecule is CCCCC(F)=C(F)c1ccc(-c2ccc(OC(=O)c3cc(F)c(-c4cc(F)c(F)c(F)c4)c(F)c3)cc2)cc1. The van der Waals surface area contributed by atoms with Crippen molar-refractivity contribution >= 4 is 11.8 Å². The van der Waals surface area contributed by atoms with Gasteiger partial charge in [-0.15, -0.1) is 0 Å². The summed E-state index contributed by atoms with van der Waals surface area (Å²) < 4.78 is 103. The first-order valence-corrected chi connectivity index (χ1v) is 12.2. The number of hydrogen-bond acceptors (Lipinski definition) is 2. The first kappa shape index (κ1) is 28.6. The lowest BCUT2D eigenvalue weighted by Gasteiger charge is -2.10. The maximum absolute atomic E-state index is 14.6. The van der Waals surface area contributed by atoms with Gasteiger partial charge in [0, 0.05) is 12.0 Å². The molecular formula is C31H21F7O2. The Morgan fingerprint density at radius 1 is 0.675 bits per heavy atom. The van der Waals surface area contributed by atoms with Gasteiger partial charge < -0.3 is 4.74 Å². The van der Waals surface area contributed by atoms with Gasteiger partial charge in [0.1, 0.15) is 23.2 Å². The van der Waals surface area contributed by atoms with Crippen molar-refractivity contribution in [3.05, 3.63) is 119 Å². The number of ether oxygens (including phenoxy) is 1. The summed E-state index contributed by atoms with van der Waals surface area (Å²) in [6.07, 6.45) is 1.32. The molecule has 0 fully saturated rings. The minimum atomic E-state index is -1.79. The molecule has 0 aliphatic rings. The number of rotatable bonds is 8. The molecule has 40 heavy (non-hydrogen) atoms. The number of esters is 1. The molecule has 0 spiro atoms. The van der Waals surface area contributed by atoms with E-state index in [-0.39, 0.29) is 17.7 Å². The van der Waals surface area contributed by atoms with Crippen LogP contribution < -0.4 is 4.74 Å². The van der Waals surface area contributed by atoms with Crippen LogP contribution >= 0.6 is 0 Å². The monoisotopic (exact) mass is 558 g/mol. The fourth-order valence-corrected chi connectivity index (χ4v) is 3.96. The van der Waals surface area contributed by atoms with Gasteiger partial charge in [0.05, 0.1) is 11.1 Å². The quantitative estimate of drug-likeness (QED) is 0.0932. The minimum absolute atomic E-state index is 0.0297. The van der Waals surface area contributed by atoms with Crippen molar-refractivity contribution in [3.63, 3.8) is 0 Å². The fourth-order valence-electron chi connectivity index (χ4n) is 3.96. The second-order valence-electron chi connectivity index (χ2n) is 8.88. The lowest BCUT2D eigenvalue weighted by molar-refractivity contribution is 0.0733. The Morgan fingerprint density at radius 3 is 1.73 bits per heavy atom. The summed E-state index contributed by atoms with van der Waals surface area (Å²) >= 11 is 0. The Balaban J connectivity index is 1.48. The lowest BCUT2D eigenvalue weighted by atomic mass is 10.0. The van der Waals surface area contributed by atoms with E-state index in [0.717, 1.165) is 6.42 Å². The molecule has 4 aromatic carbocycles. The van der Waals surface area contributed by atoms with E-state index in [4.69, 9.17) is 4.74 Å².